The van der Waals surface area contributed by atoms with Gasteiger partial charge in [0.05, 0.1) is 5.41 Å². The van der Waals surface area contributed by atoms with Crippen molar-refractivity contribution >= 4 is 11.6 Å². The van der Waals surface area contributed by atoms with Gasteiger partial charge >= 0.3 is 0 Å². The maximum absolute atomic E-state index is 12.8. The highest BCUT2D eigenvalue weighted by atomic mass is 16.5. The molecule has 5 heteroatoms. The lowest BCUT2D eigenvalue weighted by molar-refractivity contribution is -0.130. The Balaban J connectivity index is 1.62. The van der Waals surface area contributed by atoms with Crippen LogP contribution in [0.25, 0.3) is 0 Å². The highest BCUT2D eigenvalue weighted by Crippen LogP contribution is 2.31. The molecule has 0 aromatic heterocycles. The molecule has 0 saturated carbocycles. The summed E-state index contributed by atoms with van der Waals surface area (Å²) in [7, 11) is 0. The van der Waals surface area contributed by atoms with Crippen LogP contribution in [0.15, 0.2) is 42.5 Å². The number of nitrogens with two attached hydrogens (primary N) is 1. The van der Waals surface area contributed by atoms with E-state index in [-0.39, 0.29) is 5.91 Å². The van der Waals surface area contributed by atoms with Gasteiger partial charge in [-0.05, 0) is 60.6 Å². The van der Waals surface area contributed by atoms with E-state index in [0.29, 0.717) is 45.1 Å². The molecule has 0 spiro atoms. The van der Waals surface area contributed by atoms with Crippen LogP contribution in [0.4, 0.5) is 5.69 Å². The number of nitrogens with one attached hydrogen (secondary N) is 1. The second-order valence-corrected chi connectivity index (χ2v) is 8.23. The van der Waals surface area contributed by atoms with Crippen molar-refractivity contribution in [1.82, 2.24) is 0 Å². The Morgan fingerprint density at radius 2 is 1.86 bits per heavy atom. The number of aryl methyl sites for hydroxylation is 1. The molecule has 1 saturated heterocycles. The van der Waals surface area contributed by atoms with Crippen molar-refractivity contribution in [2.24, 2.45) is 11.1 Å². The van der Waals surface area contributed by atoms with E-state index in [9.17, 15) is 4.79 Å². The molecular formula is C24H32N2O3. The molecule has 0 atom stereocenters. The number of benzene rings is 2. The normalized spacial score (nSPS) is 15.9. The molecule has 5 nitrogen and oxygen atoms in total. The van der Waals surface area contributed by atoms with E-state index in [2.05, 4.69) is 44.3 Å². The minimum absolute atomic E-state index is 0.0198. The van der Waals surface area contributed by atoms with Crippen LogP contribution >= 0.6 is 0 Å². The van der Waals surface area contributed by atoms with Crippen LogP contribution in [-0.2, 0) is 16.1 Å². The van der Waals surface area contributed by atoms with Gasteiger partial charge in [-0.3, -0.25) is 4.79 Å². The van der Waals surface area contributed by atoms with Crippen molar-refractivity contribution in [1.29, 1.82) is 0 Å². The Hall–Kier alpha value is -2.37. The minimum Gasteiger partial charge on any atom is -0.489 e. The monoisotopic (exact) mass is 396 g/mol. The number of rotatable bonds is 7. The lowest BCUT2D eigenvalue weighted by Gasteiger charge is -2.34. The number of carbonyl (C=O) groups is 1. The number of hydrogen-bond acceptors (Lipinski definition) is 4. The second-order valence-electron chi connectivity index (χ2n) is 8.23. The number of ether oxygens (including phenoxy) is 2. The lowest BCUT2D eigenvalue weighted by Crippen LogP contribution is -2.46. The van der Waals surface area contributed by atoms with Gasteiger partial charge in [-0.25, -0.2) is 0 Å². The fourth-order valence-corrected chi connectivity index (χ4v) is 3.64. The molecule has 0 aliphatic carbocycles. The summed E-state index contributed by atoms with van der Waals surface area (Å²) in [6.07, 6.45) is 1.33. The smallest absolute Gasteiger partial charge is 0.232 e. The Morgan fingerprint density at radius 1 is 1.17 bits per heavy atom. The number of amides is 1. The summed E-state index contributed by atoms with van der Waals surface area (Å²) in [5, 5.41) is 3.02. The third-order valence-electron chi connectivity index (χ3n) is 5.72. The molecule has 1 aliphatic heterocycles. The first-order valence-corrected chi connectivity index (χ1v) is 10.3. The molecule has 0 radical (unpaired) electrons. The van der Waals surface area contributed by atoms with E-state index in [1.165, 1.54) is 11.1 Å². The third kappa shape index (κ3) is 5.17. The topological polar surface area (TPSA) is 73.6 Å². The molecule has 1 aliphatic rings. The highest BCUT2D eigenvalue weighted by molar-refractivity contribution is 5.95. The summed E-state index contributed by atoms with van der Waals surface area (Å²) < 4.78 is 11.5. The van der Waals surface area contributed by atoms with Gasteiger partial charge in [0.1, 0.15) is 12.4 Å². The summed E-state index contributed by atoms with van der Waals surface area (Å²) in [4.78, 5) is 12.8. The molecule has 0 bridgehead atoms. The molecule has 3 rings (SSSR count). The predicted molar refractivity (Wildman–Crippen MR) is 116 cm³/mol. The third-order valence-corrected chi connectivity index (χ3v) is 5.72. The van der Waals surface area contributed by atoms with E-state index >= 15 is 0 Å². The molecule has 0 unspecified atom stereocenters. The fourth-order valence-electron chi connectivity index (χ4n) is 3.64. The van der Waals surface area contributed by atoms with E-state index in [0.717, 1.165) is 17.0 Å². The van der Waals surface area contributed by atoms with E-state index in [1.54, 1.807) is 0 Å². The molecule has 3 N–H and O–H groups in total. The fraction of sp³-hybridized carbons (Fsp3) is 0.458. The Kier molecular flexibility index (Phi) is 6.93. The molecule has 1 fully saturated rings. The summed E-state index contributed by atoms with van der Waals surface area (Å²) in [6, 6.07) is 14.1. The molecule has 2 aromatic carbocycles. The van der Waals surface area contributed by atoms with Crippen LogP contribution in [0.3, 0.4) is 0 Å². The minimum atomic E-state index is -0.529. The second kappa shape index (κ2) is 9.42. The molecule has 1 amide bonds. The first-order valence-electron chi connectivity index (χ1n) is 10.3. The van der Waals surface area contributed by atoms with Gasteiger partial charge < -0.3 is 20.5 Å². The summed E-state index contributed by atoms with van der Waals surface area (Å²) in [5.74, 6) is 1.32. The summed E-state index contributed by atoms with van der Waals surface area (Å²) >= 11 is 0. The zero-order valence-electron chi connectivity index (χ0n) is 17.7. The predicted octanol–water partition coefficient (Wildman–Crippen LogP) is 4.39. The number of hydrogen-bond donors (Lipinski definition) is 2. The van der Waals surface area contributed by atoms with Crippen molar-refractivity contribution in [2.75, 3.05) is 25.1 Å². The van der Waals surface area contributed by atoms with Crippen LogP contribution < -0.4 is 15.8 Å². The van der Waals surface area contributed by atoms with Gasteiger partial charge in [-0.1, -0.05) is 38.1 Å². The van der Waals surface area contributed by atoms with Gasteiger partial charge in [0, 0.05) is 25.4 Å². The van der Waals surface area contributed by atoms with Gasteiger partial charge in [-0.2, -0.15) is 0 Å². The Morgan fingerprint density at radius 3 is 2.48 bits per heavy atom. The summed E-state index contributed by atoms with van der Waals surface area (Å²) in [6.45, 7) is 8.39. The van der Waals surface area contributed by atoms with E-state index in [1.807, 2.05) is 24.3 Å². The molecular weight excluding hydrogens is 364 g/mol. The number of anilines is 1. The SMILES string of the molecule is Cc1ccc(C(C)C)c(OCc2ccc(NC(=O)C3(CN)CCOCC3)cc2)c1. The van der Waals surface area contributed by atoms with Crippen LogP contribution in [-0.4, -0.2) is 25.7 Å². The van der Waals surface area contributed by atoms with Crippen molar-refractivity contribution < 1.29 is 14.3 Å². The van der Waals surface area contributed by atoms with Crippen LogP contribution in [0, 0.1) is 12.3 Å². The summed E-state index contributed by atoms with van der Waals surface area (Å²) in [5.41, 5.74) is 9.62. The van der Waals surface area contributed by atoms with Crippen LogP contribution in [0.1, 0.15) is 49.3 Å². The Labute approximate surface area is 173 Å². The average molecular weight is 397 g/mol. The first-order chi connectivity index (χ1) is 13.9. The van der Waals surface area contributed by atoms with Crippen molar-refractivity contribution in [2.45, 2.75) is 46.1 Å². The van der Waals surface area contributed by atoms with Gasteiger partial charge in [-0.15, -0.1) is 0 Å². The number of carbonyl (C=O) groups excluding carboxylic acids is 1. The molecule has 156 valence electrons. The molecule has 1 heterocycles. The van der Waals surface area contributed by atoms with Crippen LogP contribution in [0.2, 0.25) is 0 Å². The van der Waals surface area contributed by atoms with Crippen LogP contribution in [0.5, 0.6) is 5.75 Å². The van der Waals surface area contributed by atoms with Gasteiger partial charge in [0.2, 0.25) is 5.91 Å². The largest absolute Gasteiger partial charge is 0.489 e. The molecule has 29 heavy (non-hydrogen) atoms. The van der Waals surface area contributed by atoms with Gasteiger partial charge in [0.25, 0.3) is 0 Å². The maximum Gasteiger partial charge on any atom is 0.232 e. The highest BCUT2D eigenvalue weighted by Gasteiger charge is 2.38. The quantitative estimate of drug-likeness (QED) is 0.728. The standard InChI is InChI=1S/C24H32N2O3/c1-17(2)21-9-4-18(3)14-22(21)29-15-19-5-7-20(8-6-19)26-23(27)24(16-25)10-12-28-13-11-24/h4-9,14,17H,10-13,15-16,25H2,1-3H3,(H,26,27). The van der Waals surface area contributed by atoms with E-state index in [4.69, 9.17) is 15.2 Å². The van der Waals surface area contributed by atoms with Crippen molar-refractivity contribution in [3.05, 3.63) is 59.2 Å². The zero-order valence-corrected chi connectivity index (χ0v) is 17.7. The Bertz CT molecular complexity index is 825. The van der Waals surface area contributed by atoms with Crippen molar-refractivity contribution in [3.8, 4) is 5.75 Å². The first kappa shape index (κ1) is 21.3. The van der Waals surface area contributed by atoms with E-state index < -0.39 is 5.41 Å². The van der Waals surface area contributed by atoms with Gasteiger partial charge in [0.15, 0.2) is 0 Å². The average Bonchev–Trinajstić information content (AvgIpc) is 2.73. The van der Waals surface area contributed by atoms with Crippen molar-refractivity contribution in [3.63, 3.8) is 0 Å². The molecule has 2 aromatic rings. The maximum atomic E-state index is 12.8. The zero-order chi connectivity index (χ0) is 20.9. The lowest BCUT2D eigenvalue weighted by atomic mass is 9.79.